The molecule has 1 aliphatic rings. The number of piperazine rings is 1. The first-order chi connectivity index (χ1) is 16.3. The number of aromatic amines is 1. The highest BCUT2D eigenvalue weighted by Crippen LogP contribution is 2.33. The number of rotatable bonds is 3. The van der Waals surface area contributed by atoms with Gasteiger partial charge < -0.3 is 14.8 Å². The van der Waals surface area contributed by atoms with Gasteiger partial charge in [-0.05, 0) is 24.3 Å². The Hall–Kier alpha value is -4.19. The molecule has 0 aliphatic carbocycles. The zero-order valence-electron chi connectivity index (χ0n) is 18.1. The van der Waals surface area contributed by atoms with Crippen LogP contribution in [0.4, 0.5) is 5.82 Å². The summed E-state index contributed by atoms with van der Waals surface area (Å²) in [6.07, 6.45) is 1.80. The summed E-state index contributed by atoms with van der Waals surface area (Å²) in [4.78, 5) is 30.5. The number of carbonyl (C=O) groups excluding carboxylic acids is 1. The first-order valence-corrected chi connectivity index (χ1v) is 11.2. The van der Waals surface area contributed by atoms with E-state index in [9.17, 15) is 4.79 Å². The molecule has 1 N–H and O–H groups in total. The molecule has 0 spiro atoms. The molecule has 0 bridgehead atoms. The maximum atomic E-state index is 13.5. The molecule has 3 aromatic heterocycles. The topological polar surface area (TPSA) is 65.1 Å². The number of anilines is 1. The number of para-hydroxylation sites is 1. The smallest absolute Gasteiger partial charge is 0.272 e. The van der Waals surface area contributed by atoms with E-state index < -0.39 is 0 Å². The predicted molar refractivity (Wildman–Crippen MR) is 131 cm³/mol. The fraction of sp³-hybridized carbons (Fsp3) is 0.148. The minimum Gasteiger partial charge on any atom is -0.353 e. The van der Waals surface area contributed by atoms with E-state index in [2.05, 4.69) is 27.0 Å². The Morgan fingerprint density at radius 2 is 1.58 bits per heavy atom. The molecule has 1 saturated heterocycles. The molecule has 6 heteroatoms. The molecule has 0 radical (unpaired) electrons. The van der Waals surface area contributed by atoms with Crippen LogP contribution in [-0.4, -0.2) is 51.9 Å². The van der Waals surface area contributed by atoms with Crippen LogP contribution in [0.25, 0.3) is 33.1 Å². The van der Waals surface area contributed by atoms with Crippen LogP contribution < -0.4 is 4.90 Å². The second kappa shape index (κ2) is 8.06. The Morgan fingerprint density at radius 1 is 0.818 bits per heavy atom. The second-order valence-electron chi connectivity index (χ2n) is 8.28. The summed E-state index contributed by atoms with van der Waals surface area (Å²) in [7, 11) is 0. The molecule has 4 heterocycles. The number of hydrogen-bond acceptors (Lipinski definition) is 4. The minimum atomic E-state index is -0.0277. The van der Waals surface area contributed by atoms with Crippen LogP contribution in [0.15, 0.2) is 85.1 Å². The number of nitrogens with zero attached hydrogens (tertiary/aromatic N) is 4. The number of H-pyrrole nitrogens is 1. The molecule has 0 saturated carbocycles. The third kappa shape index (κ3) is 3.49. The number of pyridine rings is 2. The van der Waals surface area contributed by atoms with E-state index in [0.29, 0.717) is 18.8 Å². The lowest BCUT2D eigenvalue weighted by Crippen LogP contribution is -2.49. The average molecular weight is 434 g/mol. The molecule has 6 rings (SSSR count). The summed E-state index contributed by atoms with van der Waals surface area (Å²) in [5.74, 6) is 0.925. The van der Waals surface area contributed by atoms with E-state index in [1.807, 2.05) is 71.6 Å². The van der Waals surface area contributed by atoms with Crippen molar-refractivity contribution in [2.75, 3.05) is 31.1 Å². The van der Waals surface area contributed by atoms with Crippen molar-refractivity contribution in [1.82, 2.24) is 19.9 Å². The molecule has 5 aromatic rings. The van der Waals surface area contributed by atoms with Crippen LogP contribution in [0.2, 0.25) is 0 Å². The number of benzene rings is 2. The first kappa shape index (κ1) is 19.5. The van der Waals surface area contributed by atoms with E-state index in [1.165, 1.54) is 0 Å². The second-order valence-corrected chi connectivity index (χ2v) is 8.28. The van der Waals surface area contributed by atoms with Crippen LogP contribution >= 0.6 is 0 Å². The highest BCUT2D eigenvalue weighted by atomic mass is 16.2. The van der Waals surface area contributed by atoms with Crippen molar-refractivity contribution in [1.29, 1.82) is 0 Å². The maximum absolute atomic E-state index is 13.5. The van der Waals surface area contributed by atoms with Crippen molar-refractivity contribution < 1.29 is 4.79 Å². The minimum absolute atomic E-state index is 0.0277. The van der Waals surface area contributed by atoms with Gasteiger partial charge in [-0.15, -0.1) is 0 Å². The molecule has 162 valence electrons. The quantitative estimate of drug-likeness (QED) is 0.446. The molecule has 33 heavy (non-hydrogen) atoms. The summed E-state index contributed by atoms with van der Waals surface area (Å²) >= 11 is 0. The molecule has 2 aromatic carbocycles. The fourth-order valence-electron chi connectivity index (χ4n) is 4.60. The van der Waals surface area contributed by atoms with E-state index in [1.54, 1.807) is 6.20 Å². The van der Waals surface area contributed by atoms with Crippen LogP contribution in [0, 0.1) is 0 Å². The maximum Gasteiger partial charge on any atom is 0.272 e. The Kier molecular flexibility index (Phi) is 4.76. The van der Waals surface area contributed by atoms with Gasteiger partial charge in [0, 0.05) is 54.2 Å². The monoisotopic (exact) mass is 433 g/mol. The molecule has 1 fully saturated rings. The number of fused-ring (bicyclic) bond motifs is 3. The average Bonchev–Trinajstić information content (AvgIpc) is 3.27. The van der Waals surface area contributed by atoms with E-state index in [4.69, 9.17) is 4.98 Å². The van der Waals surface area contributed by atoms with Crippen LogP contribution in [0.1, 0.15) is 10.5 Å². The van der Waals surface area contributed by atoms with E-state index in [0.717, 1.165) is 52.0 Å². The van der Waals surface area contributed by atoms with Crippen LogP contribution in [0.3, 0.4) is 0 Å². The Labute approximate surface area is 191 Å². The highest BCUT2D eigenvalue weighted by molar-refractivity contribution is 6.13. The fourth-order valence-corrected chi connectivity index (χ4v) is 4.60. The lowest BCUT2D eigenvalue weighted by Gasteiger charge is -2.35. The predicted octanol–water partition coefficient (Wildman–Crippen LogP) is 4.74. The largest absolute Gasteiger partial charge is 0.353 e. The zero-order valence-corrected chi connectivity index (χ0v) is 18.1. The van der Waals surface area contributed by atoms with E-state index in [-0.39, 0.29) is 5.91 Å². The standard InChI is InChI=1S/C27H23N5O/c33-27(32-16-14-31(15-17-32)24-12-6-7-13-28-24)23-18-21-20-10-4-5-11-22(20)29-26(21)25(30-23)19-8-2-1-3-9-19/h1-13,18,29H,14-17H2. The molecule has 1 amide bonds. The van der Waals surface area contributed by atoms with E-state index >= 15 is 0 Å². The van der Waals surface area contributed by atoms with Crippen LogP contribution in [-0.2, 0) is 0 Å². The molecular weight excluding hydrogens is 410 g/mol. The lowest BCUT2D eigenvalue weighted by atomic mass is 10.1. The van der Waals surface area contributed by atoms with Gasteiger partial charge in [-0.3, -0.25) is 4.79 Å². The summed E-state index contributed by atoms with van der Waals surface area (Å²) in [6, 6.07) is 26.1. The molecule has 0 atom stereocenters. The Bertz CT molecular complexity index is 1440. The van der Waals surface area contributed by atoms with Crippen molar-refractivity contribution in [3.63, 3.8) is 0 Å². The van der Waals surface area contributed by atoms with Gasteiger partial charge in [-0.25, -0.2) is 9.97 Å². The Morgan fingerprint density at radius 3 is 2.36 bits per heavy atom. The number of nitrogens with one attached hydrogen (secondary N) is 1. The lowest BCUT2D eigenvalue weighted by molar-refractivity contribution is 0.0741. The number of amides is 1. The number of aromatic nitrogens is 3. The summed E-state index contributed by atoms with van der Waals surface area (Å²) in [5, 5.41) is 2.12. The highest BCUT2D eigenvalue weighted by Gasteiger charge is 2.25. The molecule has 0 unspecified atom stereocenters. The zero-order chi connectivity index (χ0) is 22.2. The van der Waals surface area contributed by atoms with Crippen molar-refractivity contribution >= 4 is 33.5 Å². The van der Waals surface area contributed by atoms with Crippen molar-refractivity contribution in [2.45, 2.75) is 0 Å². The third-order valence-electron chi connectivity index (χ3n) is 6.30. The van der Waals surface area contributed by atoms with Gasteiger partial charge in [-0.2, -0.15) is 0 Å². The molecule has 6 nitrogen and oxygen atoms in total. The van der Waals surface area contributed by atoms with Crippen molar-refractivity contribution in [3.05, 3.63) is 90.8 Å². The van der Waals surface area contributed by atoms with Gasteiger partial charge in [0.15, 0.2) is 0 Å². The number of hydrogen-bond donors (Lipinski definition) is 1. The first-order valence-electron chi connectivity index (χ1n) is 11.2. The summed E-state index contributed by atoms with van der Waals surface area (Å²) < 4.78 is 0. The van der Waals surface area contributed by atoms with Gasteiger partial charge in [0.25, 0.3) is 5.91 Å². The van der Waals surface area contributed by atoms with Gasteiger partial charge in [0.05, 0.1) is 11.2 Å². The normalized spacial score (nSPS) is 14.2. The van der Waals surface area contributed by atoms with Gasteiger partial charge in [0.1, 0.15) is 11.5 Å². The van der Waals surface area contributed by atoms with Crippen molar-refractivity contribution in [2.24, 2.45) is 0 Å². The van der Waals surface area contributed by atoms with Gasteiger partial charge in [0.2, 0.25) is 0 Å². The van der Waals surface area contributed by atoms with Gasteiger partial charge in [-0.1, -0.05) is 54.6 Å². The Balaban J connectivity index is 1.37. The van der Waals surface area contributed by atoms with Gasteiger partial charge >= 0.3 is 0 Å². The number of carbonyl (C=O) groups is 1. The SMILES string of the molecule is O=C(c1cc2c([nH]c3ccccc32)c(-c2ccccc2)n1)N1CCN(c2ccccn2)CC1. The van der Waals surface area contributed by atoms with Crippen molar-refractivity contribution in [3.8, 4) is 11.3 Å². The summed E-state index contributed by atoms with van der Waals surface area (Å²) in [5.41, 5.74) is 4.28. The molecular formula is C27H23N5O. The molecule has 1 aliphatic heterocycles. The van der Waals surface area contributed by atoms with Crippen LogP contribution in [0.5, 0.6) is 0 Å². The summed E-state index contributed by atoms with van der Waals surface area (Å²) in [6.45, 7) is 2.79. The third-order valence-corrected chi connectivity index (χ3v) is 6.30.